The summed E-state index contributed by atoms with van der Waals surface area (Å²) in [4.78, 5) is 15.1. The molecular formula is C22H31N5O3. The van der Waals surface area contributed by atoms with Crippen LogP contribution >= 0.6 is 0 Å². The third-order valence-corrected chi connectivity index (χ3v) is 6.25. The van der Waals surface area contributed by atoms with E-state index in [1.54, 1.807) is 20.3 Å². The van der Waals surface area contributed by atoms with E-state index in [2.05, 4.69) is 42.6 Å². The van der Waals surface area contributed by atoms with Crippen LogP contribution in [0.15, 0.2) is 24.4 Å². The quantitative estimate of drug-likeness (QED) is 0.820. The molecule has 2 aromatic rings. The number of ether oxygens (including phenoxy) is 2. The van der Waals surface area contributed by atoms with E-state index in [0.29, 0.717) is 17.2 Å². The van der Waals surface area contributed by atoms with Crippen molar-refractivity contribution in [3.63, 3.8) is 0 Å². The van der Waals surface area contributed by atoms with Crippen molar-refractivity contribution in [2.75, 3.05) is 19.5 Å². The molecule has 162 valence electrons. The number of carbonyl (C=O) groups is 1. The predicted octanol–water partition coefficient (Wildman–Crippen LogP) is 3.99. The molecule has 2 atom stereocenters. The number of carbonyl (C=O) groups excluding carboxylic acids is 1. The van der Waals surface area contributed by atoms with Gasteiger partial charge >= 0.3 is 6.03 Å². The normalized spacial score (nSPS) is 23.4. The summed E-state index contributed by atoms with van der Waals surface area (Å²) >= 11 is 0. The highest BCUT2D eigenvalue weighted by Crippen LogP contribution is 2.41. The predicted molar refractivity (Wildman–Crippen MR) is 114 cm³/mol. The molecule has 3 heterocycles. The van der Waals surface area contributed by atoms with Crippen molar-refractivity contribution < 1.29 is 14.3 Å². The number of benzene rings is 1. The number of amides is 2. The Hall–Kier alpha value is -2.77. The molecule has 8 nitrogen and oxygen atoms in total. The lowest BCUT2D eigenvalue weighted by Gasteiger charge is -2.38. The number of piperidine rings is 1. The molecule has 0 aliphatic carbocycles. The number of hydrogen-bond acceptors (Lipinski definition) is 5. The first kappa shape index (κ1) is 20.5. The summed E-state index contributed by atoms with van der Waals surface area (Å²) < 4.78 is 12.7. The van der Waals surface area contributed by atoms with Crippen molar-refractivity contribution in [3.8, 4) is 11.5 Å². The fraction of sp³-hybridized carbons (Fsp3) is 0.591. The zero-order valence-electron chi connectivity index (χ0n) is 18.4. The van der Waals surface area contributed by atoms with Gasteiger partial charge in [-0.05, 0) is 37.8 Å². The second-order valence-corrected chi connectivity index (χ2v) is 9.25. The van der Waals surface area contributed by atoms with E-state index < -0.39 is 0 Å². The van der Waals surface area contributed by atoms with Crippen molar-refractivity contribution in [2.45, 2.75) is 70.0 Å². The van der Waals surface area contributed by atoms with Gasteiger partial charge in [-0.1, -0.05) is 26.0 Å². The van der Waals surface area contributed by atoms with Crippen molar-refractivity contribution in [3.05, 3.63) is 30.1 Å². The van der Waals surface area contributed by atoms with Gasteiger partial charge in [0, 0.05) is 29.8 Å². The summed E-state index contributed by atoms with van der Waals surface area (Å²) in [6, 6.07) is 6.03. The van der Waals surface area contributed by atoms with Crippen molar-refractivity contribution in [2.24, 2.45) is 0 Å². The van der Waals surface area contributed by atoms with Crippen LogP contribution in [-0.4, -0.2) is 52.2 Å². The summed E-state index contributed by atoms with van der Waals surface area (Å²) in [6.07, 6.45) is 5.92. The van der Waals surface area contributed by atoms with E-state index >= 15 is 0 Å². The highest BCUT2D eigenvalue weighted by Gasteiger charge is 2.44. The second kappa shape index (κ2) is 7.81. The number of nitrogens with zero attached hydrogens (tertiary/aromatic N) is 4. The van der Waals surface area contributed by atoms with E-state index in [1.807, 2.05) is 21.7 Å². The number of urea groups is 1. The van der Waals surface area contributed by atoms with Crippen LogP contribution in [0.2, 0.25) is 0 Å². The van der Waals surface area contributed by atoms with Gasteiger partial charge in [-0.3, -0.25) is 0 Å². The highest BCUT2D eigenvalue weighted by atomic mass is 16.5. The van der Waals surface area contributed by atoms with E-state index in [1.165, 1.54) is 0 Å². The average Bonchev–Trinajstić information content (AvgIpc) is 3.31. The van der Waals surface area contributed by atoms with Crippen LogP contribution in [0, 0.1) is 0 Å². The minimum absolute atomic E-state index is 0.0186. The molecule has 2 unspecified atom stereocenters. The molecule has 2 aliphatic heterocycles. The number of nitrogens with one attached hydrogen (secondary N) is 1. The Balaban J connectivity index is 1.46. The maximum Gasteiger partial charge on any atom is 0.322 e. The van der Waals surface area contributed by atoms with Crippen molar-refractivity contribution in [1.82, 2.24) is 19.9 Å². The fourth-order valence-electron chi connectivity index (χ4n) is 4.58. The molecule has 2 saturated heterocycles. The molecule has 8 heteroatoms. The Morgan fingerprint density at radius 2 is 1.80 bits per heavy atom. The molecule has 4 rings (SSSR count). The molecule has 0 radical (unpaired) electrons. The number of anilines is 1. The van der Waals surface area contributed by atoms with Gasteiger partial charge in [-0.25, -0.2) is 9.48 Å². The standard InChI is InChI=1S/C22H31N5O3/c1-22(2,3)20-13-26(25-24-20)16-10-14-6-7-15(11-16)27(14)21(28)23-18-9-8-17(29-4)12-19(18)30-5/h8-9,12-16H,6-7,10-11H2,1-5H3,(H,23,28). The molecule has 1 N–H and O–H groups in total. The zero-order chi connectivity index (χ0) is 21.5. The molecule has 0 saturated carbocycles. The first-order valence-electron chi connectivity index (χ1n) is 10.5. The molecule has 2 amide bonds. The SMILES string of the molecule is COc1ccc(NC(=O)N2C3CCC2CC(n2cc(C(C)(C)C)nn2)C3)c(OC)c1. The van der Waals surface area contributed by atoms with E-state index in [4.69, 9.17) is 9.47 Å². The van der Waals surface area contributed by atoms with Gasteiger partial charge in [0.15, 0.2) is 0 Å². The molecule has 2 aliphatic rings. The zero-order valence-corrected chi connectivity index (χ0v) is 18.4. The van der Waals surface area contributed by atoms with Crippen LogP contribution in [0.4, 0.5) is 10.5 Å². The highest BCUT2D eigenvalue weighted by molar-refractivity contribution is 5.91. The Labute approximate surface area is 177 Å². The maximum absolute atomic E-state index is 13.1. The Morgan fingerprint density at radius 1 is 1.10 bits per heavy atom. The maximum atomic E-state index is 13.1. The van der Waals surface area contributed by atoms with Gasteiger partial charge in [-0.15, -0.1) is 5.10 Å². The number of methoxy groups -OCH3 is 2. The second-order valence-electron chi connectivity index (χ2n) is 9.25. The molecule has 30 heavy (non-hydrogen) atoms. The largest absolute Gasteiger partial charge is 0.497 e. The van der Waals surface area contributed by atoms with Gasteiger partial charge in [-0.2, -0.15) is 0 Å². The molecule has 1 aromatic heterocycles. The lowest BCUT2D eigenvalue weighted by atomic mass is 9.93. The minimum atomic E-state index is -0.0709. The average molecular weight is 414 g/mol. The first-order valence-corrected chi connectivity index (χ1v) is 10.5. The summed E-state index contributed by atoms with van der Waals surface area (Å²) in [5, 5.41) is 11.8. The van der Waals surface area contributed by atoms with Crippen LogP contribution in [0.3, 0.4) is 0 Å². The van der Waals surface area contributed by atoms with Crippen molar-refractivity contribution in [1.29, 1.82) is 0 Å². The lowest BCUT2D eigenvalue weighted by molar-refractivity contribution is 0.129. The smallest absolute Gasteiger partial charge is 0.322 e. The van der Waals surface area contributed by atoms with Gasteiger partial charge in [0.25, 0.3) is 0 Å². The summed E-state index contributed by atoms with van der Waals surface area (Å²) in [5.74, 6) is 1.27. The molecule has 0 spiro atoms. The van der Waals surface area contributed by atoms with E-state index in [9.17, 15) is 4.79 Å². The third kappa shape index (κ3) is 3.82. The number of rotatable bonds is 4. The van der Waals surface area contributed by atoms with E-state index in [0.717, 1.165) is 31.4 Å². The number of aromatic nitrogens is 3. The van der Waals surface area contributed by atoms with Gasteiger partial charge in [0.05, 0.1) is 31.6 Å². The fourth-order valence-corrected chi connectivity index (χ4v) is 4.58. The monoisotopic (exact) mass is 413 g/mol. The van der Waals surface area contributed by atoms with Gasteiger partial charge in [0.1, 0.15) is 11.5 Å². The van der Waals surface area contributed by atoms with Crippen LogP contribution < -0.4 is 14.8 Å². The van der Waals surface area contributed by atoms with Crippen LogP contribution in [-0.2, 0) is 5.41 Å². The number of hydrogen-bond donors (Lipinski definition) is 1. The molecule has 2 bridgehead atoms. The molecular weight excluding hydrogens is 382 g/mol. The third-order valence-electron chi connectivity index (χ3n) is 6.25. The lowest BCUT2D eigenvalue weighted by Crippen LogP contribution is -2.48. The molecule has 1 aromatic carbocycles. The molecule has 2 fully saturated rings. The topological polar surface area (TPSA) is 81.5 Å². The Bertz CT molecular complexity index is 906. The minimum Gasteiger partial charge on any atom is -0.497 e. The first-order chi connectivity index (χ1) is 14.3. The Morgan fingerprint density at radius 3 is 2.37 bits per heavy atom. The van der Waals surface area contributed by atoms with Crippen molar-refractivity contribution >= 4 is 11.7 Å². The summed E-state index contributed by atoms with van der Waals surface area (Å²) in [6.45, 7) is 6.43. The summed E-state index contributed by atoms with van der Waals surface area (Å²) in [7, 11) is 3.19. The van der Waals surface area contributed by atoms with Gasteiger partial charge in [0.2, 0.25) is 0 Å². The van der Waals surface area contributed by atoms with Crippen LogP contribution in [0.1, 0.15) is 58.2 Å². The Kier molecular flexibility index (Phi) is 5.34. The van der Waals surface area contributed by atoms with Crippen LogP contribution in [0.5, 0.6) is 11.5 Å². The number of fused-ring (bicyclic) bond motifs is 2. The van der Waals surface area contributed by atoms with Crippen LogP contribution in [0.25, 0.3) is 0 Å². The summed E-state index contributed by atoms with van der Waals surface area (Å²) in [5.41, 5.74) is 1.63. The van der Waals surface area contributed by atoms with E-state index in [-0.39, 0.29) is 29.6 Å². The van der Waals surface area contributed by atoms with Gasteiger partial charge < -0.3 is 19.7 Å².